The van der Waals surface area contributed by atoms with Crippen LogP contribution in [0.25, 0.3) is 39.7 Å². The summed E-state index contributed by atoms with van der Waals surface area (Å²) < 4.78 is 0. The molecule has 37 heavy (non-hydrogen) atoms. The number of phenolic OH excluding ortho intramolecular Hbond substituents is 1. The summed E-state index contributed by atoms with van der Waals surface area (Å²) in [5.41, 5.74) is 8.36. The molecule has 6 rings (SSSR count). The topological polar surface area (TPSA) is 195 Å². The fourth-order valence-electron chi connectivity index (χ4n) is 4.42. The lowest BCUT2D eigenvalue weighted by Gasteiger charge is -2.25. The maximum Gasteiger partial charge on any atom is 0.278 e. The molecule has 12 heteroatoms. The molecule has 0 bridgehead atoms. The van der Waals surface area contributed by atoms with Gasteiger partial charge in [-0.15, -0.1) is 0 Å². The zero-order valence-electron chi connectivity index (χ0n) is 19.1. The lowest BCUT2D eigenvalue weighted by Crippen LogP contribution is -2.55. The highest BCUT2D eigenvalue weighted by Gasteiger charge is 2.32. The Balaban J connectivity index is 1.35. The van der Waals surface area contributed by atoms with E-state index in [2.05, 4.69) is 35.6 Å². The second-order valence-electron chi connectivity index (χ2n) is 8.63. The number of imidazole rings is 1. The molecule has 1 aliphatic heterocycles. The molecule has 1 aliphatic rings. The van der Waals surface area contributed by atoms with Crippen LogP contribution < -0.4 is 21.9 Å². The van der Waals surface area contributed by atoms with Crippen molar-refractivity contribution in [2.75, 3.05) is 5.73 Å². The third-order valence-corrected chi connectivity index (χ3v) is 6.17. The molecular formula is C25H20N8O4. The Labute approximate surface area is 207 Å². The number of carbonyl (C=O) groups is 2. The van der Waals surface area contributed by atoms with Crippen LogP contribution >= 0.6 is 0 Å². The first kappa shape index (κ1) is 22.1. The van der Waals surface area contributed by atoms with Crippen molar-refractivity contribution < 1.29 is 14.7 Å². The largest absolute Gasteiger partial charge is 0.508 e. The molecule has 8 N–H and O–H groups in total. The van der Waals surface area contributed by atoms with E-state index >= 15 is 0 Å². The van der Waals surface area contributed by atoms with Gasteiger partial charge in [-0.2, -0.15) is 4.98 Å². The first-order chi connectivity index (χ1) is 17.9. The minimum atomic E-state index is -0.857. The van der Waals surface area contributed by atoms with E-state index in [4.69, 9.17) is 5.73 Å². The third kappa shape index (κ3) is 3.95. The fourth-order valence-corrected chi connectivity index (χ4v) is 4.42. The van der Waals surface area contributed by atoms with Gasteiger partial charge < -0.3 is 31.4 Å². The van der Waals surface area contributed by atoms with Crippen molar-refractivity contribution in [3.05, 3.63) is 75.7 Å². The molecule has 2 aromatic carbocycles. The Morgan fingerprint density at radius 2 is 1.76 bits per heavy atom. The standard InChI is InChI=1S/C25H20N8O4/c26-25-32-21-19(24(37)33-25)30-20(31-21)18-14(13-3-1-2-4-15(13)27-18)10-17-23(36)28-16(22(35)29-17)9-11-5-7-12(34)8-6-11/h1-9,17,27,34H,10H2,(H,28,36)(H,29,35)(H4,26,30,31,32,33,37)/b16-9-/t17-/m0/s1. The molecule has 5 aromatic rings. The molecule has 0 unspecified atom stereocenters. The van der Waals surface area contributed by atoms with Crippen molar-refractivity contribution in [1.82, 2.24) is 35.6 Å². The van der Waals surface area contributed by atoms with Gasteiger partial charge in [0.05, 0.1) is 5.69 Å². The van der Waals surface area contributed by atoms with Gasteiger partial charge in [-0.1, -0.05) is 30.3 Å². The number of para-hydroxylation sites is 1. The number of aromatic hydroxyl groups is 1. The number of H-pyrrole nitrogens is 3. The SMILES string of the molecule is Nc1nc2nc(-c3[nH]c4ccccc4c3C[C@@H]3NC(=O)/C(=C/c4ccc(O)cc4)NC3=O)[nH]c2c(=O)[nH]1. The van der Waals surface area contributed by atoms with E-state index in [1.54, 1.807) is 12.1 Å². The van der Waals surface area contributed by atoms with Crippen LogP contribution in [0, 0.1) is 0 Å². The first-order valence-electron chi connectivity index (χ1n) is 11.3. The van der Waals surface area contributed by atoms with Crippen LogP contribution in [0.15, 0.2) is 59.0 Å². The second kappa shape index (κ2) is 8.37. The quantitative estimate of drug-likeness (QED) is 0.182. The van der Waals surface area contributed by atoms with Gasteiger partial charge in [0.1, 0.15) is 17.5 Å². The first-order valence-corrected chi connectivity index (χ1v) is 11.3. The van der Waals surface area contributed by atoms with E-state index in [0.29, 0.717) is 17.1 Å². The number of amides is 2. The monoisotopic (exact) mass is 496 g/mol. The van der Waals surface area contributed by atoms with Crippen LogP contribution in [-0.2, 0) is 16.0 Å². The summed E-state index contributed by atoms with van der Waals surface area (Å²) in [7, 11) is 0. The number of phenols is 1. The number of nitrogens with zero attached hydrogens (tertiary/aromatic N) is 2. The summed E-state index contributed by atoms with van der Waals surface area (Å²) in [4.78, 5) is 55.4. The molecule has 4 heterocycles. The highest BCUT2D eigenvalue weighted by atomic mass is 16.3. The lowest BCUT2D eigenvalue weighted by molar-refractivity contribution is -0.131. The minimum Gasteiger partial charge on any atom is -0.508 e. The van der Waals surface area contributed by atoms with Gasteiger partial charge in [0.2, 0.25) is 11.9 Å². The number of nitrogen functional groups attached to an aromatic ring is 1. The average molecular weight is 496 g/mol. The number of nitrogens with two attached hydrogens (primary N) is 1. The summed E-state index contributed by atoms with van der Waals surface area (Å²) in [5.74, 6) is -0.419. The number of aromatic amines is 3. The molecule has 0 spiro atoms. The van der Waals surface area contributed by atoms with E-state index in [1.807, 2.05) is 24.3 Å². The number of rotatable bonds is 4. The number of carbonyl (C=O) groups excluding carboxylic acids is 2. The number of nitrogens with one attached hydrogen (secondary N) is 5. The van der Waals surface area contributed by atoms with Crippen LogP contribution in [0.1, 0.15) is 11.1 Å². The number of benzene rings is 2. The Morgan fingerprint density at radius 3 is 2.57 bits per heavy atom. The zero-order chi connectivity index (χ0) is 25.7. The minimum absolute atomic E-state index is 0.0508. The van der Waals surface area contributed by atoms with Crippen LogP contribution in [0.4, 0.5) is 5.95 Å². The molecule has 1 fully saturated rings. The van der Waals surface area contributed by atoms with E-state index in [-0.39, 0.29) is 40.9 Å². The number of hydrogen-bond acceptors (Lipinski definition) is 7. The Kier molecular flexibility index (Phi) is 5.00. The average Bonchev–Trinajstić information content (AvgIpc) is 3.45. The van der Waals surface area contributed by atoms with Crippen LogP contribution in [0.2, 0.25) is 0 Å². The van der Waals surface area contributed by atoms with Gasteiger partial charge >= 0.3 is 0 Å². The van der Waals surface area contributed by atoms with Crippen molar-refractivity contribution in [2.45, 2.75) is 12.5 Å². The maximum atomic E-state index is 13.0. The normalized spacial score (nSPS) is 16.9. The Bertz CT molecular complexity index is 1800. The van der Waals surface area contributed by atoms with Crippen LogP contribution in [-0.4, -0.2) is 47.9 Å². The second-order valence-corrected chi connectivity index (χ2v) is 8.63. The highest BCUT2D eigenvalue weighted by molar-refractivity contribution is 6.07. The summed E-state index contributed by atoms with van der Waals surface area (Å²) >= 11 is 0. The number of anilines is 1. The van der Waals surface area contributed by atoms with E-state index in [1.165, 1.54) is 18.2 Å². The molecule has 1 atom stereocenters. The molecule has 12 nitrogen and oxygen atoms in total. The van der Waals surface area contributed by atoms with Gasteiger partial charge in [-0.05, 0) is 35.4 Å². The summed E-state index contributed by atoms with van der Waals surface area (Å²) in [5, 5.41) is 15.7. The van der Waals surface area contributed by atoms with Gasteiger partial charge in [0, 0.05) is 17.3 Å². The van der Waals surface area contributed by atoms with Crippen LogP contribution in [0.5, 0.6) is 5.75 Å². The smallest absolute Gasteiger partial charge is 0.278 e. The highest BCUT2D eigenvalue weighted by Crippen LogP contribution is 2.31. The molecule has 1 saturated heterocycles. The Morgan fingerprint density at radius 1 is 0.973 bits per heavy atom. The molecular weight excluding hydrogens is 476 g/mol. The summed E-state index contributed by atoms with van der Waals surface area (Å²) in [6, 6.07) is 12.9. The third-order valence-electron chi connectivity index (χ3n) is 6.17. The van der Waals surface area contributed by atoms with Gasteiger partial charge in [-0.25, -0.2) is 4.98 Å². The molecule has 0 aliphatic carbocycles. The van der Waals surface area contributed by atoms with Gasteiger partial charge in [0.25, 0.3) is 11.5 Å². The number of hydrogen-bond donors (Lipinski definition) is 7. The molecule has 184 valence electrons. The van der Waals surface area contributed by atoms with E-state index in [0.717, 1.165) is 16.5 Å². The molecule has 3 aromatic heterocycles. The predicted molar refractivity (Wildman–Crippen MR) is 136 cm³/mol. The fraction of sp³-hybridized carbons (Fsp3) is 0.0800. The lowest BCUT2D eigenvalue weighted by atomic mass is 9.99. The molecule has 0 radical (unpaired) electrons. The van der Waals surface area contributed by atoms with E-state index < -0.39 is 17.5 Å². The molecule has 2 amide bonds. The Hall–Kier alpha value is -5.39. The van der Waals surface area contributed by atoms with Crippen molar-refractivity contribution >= 4 is 45.9 Å². The molecule has 0 saturated carbocycles. The number of fused-ring (bicyclic) bond motifs is 2. The van der Waals surface area contributed by atoms with Crippen molar-refractivity contribution in [3.63, 3.8) is 0 Å². The van der Waals surface area contributed by atoms with Crippen LogP contribution in [0.3, 0.4) is 0 Å². The summed E-state index contributed by atoms with van der Waals surface area (Å²) in [6.07, 6.45) is 1.69. The van der Waals surface area contributed by atoms with Crippen molar-refractivity contribution in [3.8, 4) is 17.3 Å². The van der Waals surface area contributed by atoms with E-state index in [9.17, 15) is 19.5 Å². The van der Waals surface area contributed by atoms with Gasteiger partial charge in [0.15, 0.2) is 17.0 Å². The predicted octanol–water partition coefficient (Wildman–Crippen LogP) is 1.28. The number of piperazine rings is 1. The van der Waals surface area contributed by atoms with Gasteiger partial charge in [-0.3, -0.25) is 19.4 Å². The number of aromatic nitrogens is 5. The summed E-state index contributed by atoms with van der Waals surface area (Å²) in [6.45, 7) is 0. The maximum absolute atomic E-state index is 13.0. The van der Waals surface area contributed by atoms with Crippen molar-refractivity contribution in [2.24, 2.45) is 0 Å². The zero-order valence-corrected chi connectivity index (χ0v) is 19.1. The van der Waals surface area contributed by atoms with Crippen molar-refractivity contribution in [1.29, 1.82) is 0 Å².